The van der Waals surface area contributed by atoms with Crippen LogP contribution in [0.5, 0.6) is 0 Å². The van der Waals surface area contributed by atoms with Gasteiger partial charge in [-0.05, 0) is 30.5 Å². The Morgan fingerprint density at radius 3 is 2.38 bits per heavy atom. The lowest BCUT2D eigenvalue weighted by Gasteiger charge is -2.34. The van der Waals surface area contributed by atoms with Gasteiger partial charge in [-0.1, -0.05) is 0 Å². The first-order valence-corrected chi connectivity index (χ1v) is 9.41. The number of pyridine rings is 1. The molecule has 1 fully saturated rings. The van der Waals surface area contributed by atoms with Crippen molar-refractivity contribution in [1.82, 2.24) is 14.2 Å². The number of unbranched alkanes of at least 4 members (excludes halogenated alkanes) is 1. The van der Waals surface area contributed by atoms with Crippen LogP contribution in [0.25, 0.3) is 0 Å². The van der Waals surface area contributed by atoms with E-state index in [0.717, 1.165) is 26.1 Å². The van der Waals surface area contributed by atoms with Gasteiger partial charge in [-0.15, -0.1) is 11.6 Å². The van der Waals surface area contributed by atoms with Crippen LogP contribution in [-0.2, 0) is 16.6 Å². The van der Waals surface area contributed by atoms with Crippen molar-refractivity contribution in [3.8, 4) is 0 Å². The molecular formula is C14H22ClN3O2S. The smallest absolute Gasteiger partial charge is 0.214 e. The normalized spacial score (nSPS) is 18.0. The average molecular weight is 332 g/mol. The molecule has 0 N–H and O–H groups in total. The molecule has 2 rings (SSSR count). The molecular weight excluding hydrogens is 310 g/mol. The Labute approximate surface area is 132 Å². The number of hydrogen-bond acceptors (Lipinski definition) is 4. The fourth-order valence-electron chi connectivity index (χ4n) is 2.42. The number of nitrogens with zero attached hydrogens (tertiary/aromatic N) is 3. The highest BCUT2D eigenvalue weighted by atomic mass is 35.5. The highest BCUT2D eigenvalue weighted by Crippen LogP contribution is 2.12. The van der Waals surface area contributed by atoms with Gasteiger partial charge >= 0.3 is 0 Å². The number of sulfonamides is 1. The van der Waals surface area contributed by atoms with Crippen LogP contribution in [-0.4, -0.2) is 60.4 Å². The Balaban J connectivity index is 1.80. The average Bonchev–Trinajstić information content (AvgIpc) is 2.49. The lowest BCUT2D eigenvalue weighted by atomic mass is 10.2. The van der Waals surface area contributed by atoms with E-state index >= 15 is 0 Å². The molecule has 0 atom stereocenters. The minimum absolute atomic E-state index is 0.212. The van der Waals surface area contributed by atoms with Crippen molar-refractivity contribution < 1.29 is 8.42 Å². The fourth-order valence-corrected chi connectivity index (χ4v) is 4.16. The van der Waals surface area contributed by atoms with Gasteiger partial charge in [0.05, 0.1) is 5.75 Å². The second-order valence-electron chi connectivity index (χ2n) is 5.24. The molecule has 0 bridgehead atoms. The summed E-state index contributed by atoms with van der Waals surface area (Å²) in [6, 6.07) is 3.99. The highest BCUT2D eigenvalue weighted by Gasteiger charge is 2.26. The minimum Gasteiger partial charge on any atom is -0.296 e. The summed E-state index contributed by atoms with van der Waals surface area (Å²) < 4.78 is 26.0. The third-order valence-electron chi connectivity index (χ3n) is 3.67. The summed E-state index contributed by atoms with van der Waals surface area (Å²) in [4.78, 5) is 6.28. The quantitative estimate of drug-likeness (QED) is 0.562. The number of aromatic nitrogens is 1. The molecule has 2 heterocycles. The molecule has 118 valence electrons. The lowest BCUT2D eigenvalue weighted by molar-refractivity contribution is 0.181. The molecule has 21 heavy (non-hydrogen) atoms. The van der Waals surface area contributed by atoms with E-state index in [1.54, 1.807) is 16.7 Å². The summed E-state index contributed by atoms with van der Waals surface area (Å²) in [6.45, 7) is 3.55. The van der Waals surface area contributed by atoms with Crippen molar-refractivity contribution in [3.63, 3.8) is 0 Å². The van der Waals surface area contributed by atoms with Crippen LogP contribution < -0.4 is 0 Å². The Morgan fingerprint density at radius 2 is 1.76 bits per heavy atom. The van der Waals surface area contributed by atoms with E-state index in [9.17, 15) is 8.42 Å². The van der Waals surface area contributed by atoms with Crippen molar-refractivity contribution >= 4 is 21.6 Å². The predicted octanol–water partition coefficient (Wildman–Crippen LogP) is 1.55. The molecule has 0 amide bonds. The molecule has 0 aliphatic carbocycles. The second kappa shape index (κ2) is 8.08. The van der Waals surface area contributed by atoms with E-state index in [0.29, 0.717) is 25.4 Å². The van der Waals surface area contributed by atoms with E-state index in [2.05, 4.69) is 9.88 Å². The van der Waals surface area contributed by atoms with E-state index in [-0.39, 0.29) is 5.75 Å². The number of hydrogen-bond donors (Lipinski definition) is 0. The van der Waals surface area contributed by atoms with Crippen LogP contribution in [0.3, 0.4) is 0 Å². The third kappa shape index (κ3) is 5.21. The van der Waals surface area contributed by atoms with Gasteiger partial charge in [0.25, 0.3) is 0 Å². The molecule has 7 heteroatoms. The summed E-state index contributed by atoms with van der Waals surface area (Å²) in [6.07, 6.45) is 4.96. The molecule has 1 saturated heterocycles. The topological polar surface area (TPSA) is 53.5 Å². The predicted molar refractivity (Wildman–Crippen MR) is 84.8 cm³/mol. The molecule has 1 aromatic heterocycles. The van der Waals surface area contributed by atoms with E-state index in [4.69, 9.17) is 11.6 Å². The Bertz CT molecular complexity index is 516. The van der Waals surface area contributed by atoms with Crippen LogP contribution in [0.2, 0.25) is 0 Å². The fraction of sp³-hybridized carbons (Fsp3) is 0.643. The van der Waals surface area contributed by atoms with Crippen molar-refractivity contribution in [3.05, 3.63) is 30.1 Å². The molecule has 0 spiro atoms. The zero-order valence-corrected chi connectivity index (χ0v) is 13.7. The lowest BCUT2D eigenvalue weighted by Crippen LogP contribution is -2.48. The summed E-state index contributed by atoms with van der Waals surface area (Å²) in [5, 5.41) is 0. The van der Waals surface area contributed by atoms with Crippen molar-refractivity contribution in [2.45, 2.75) is 19.4 Å². The summed E-state index contributed by atoms with van der Waals surface area (Å²) in [5.74, 6) is 0.735. The molecule has 1 aliphatic rings. The zero-order valence-electron chi connectivity index (χ0n) is 12.1. The zero-order chi connectivity index (χ0) is 15.1. The number of rotatable bonds is 7. The van der Waals surface area contributed by atoms with Crippen LogP contribution in [0.4, 0.5) is 0 Å². The van der Waals surface area contributed by atoms with Crippen LogP contribution in [0.15, 0.2) is 24.5 Å². The van der Waals surface area contributed by atoms with Gasteiger partial charge in [-0.25, -0.2) is 8.42 Å². The van der Waals surface area contributed by atoms with Gasteiger partial charge in [0, 0.05) is 51.0 Å². The van der Waals surface area contributed by atoms with Crippen LogP contribution in [0, 0.1) is 0 Å². The third-order valence-corrected chi connectivity index (χ3v) is 5.89. The standard InChI is InChI=1S/C14H22ClN3O2S/c15-5-1-2-12-21(19,20)18-10-8-17(9-11-18)13-14-3-6-16-7-4-14/h3-4,6-7H,1-2,5,8-13H2. The van der Waals surface area contributed by atoms with Gasteiger partial charge in [0.1, 0.15) is 0 Å². The van der Waals surface area contributed by atoms with Gasteiger partial charge < -0.3 is 0 Å². The van der Waals surface area contributed by atoms with Crippen molar-refractivity contribution in [2.75, 3.05) is 37.8 Å². The second-order valence-corrected chi connectivity index (χ2v) is 7.71. The summed E-state index contributed by atoms with van der Waals surface area (Å²) in [5.41, 5.74) is 1.21. The number of alkyl halides is 1. The Morgan fingerprint density at radius 1 is 1.10 bits per heavy atom. The van der Waals surface area contributed by atoms with Crippen molar-refractivity contribution in [1.29, 1.82) is 0 Å². The SMILES string of the molecule is O=S(=O)(CCCCCl)N1CCN(Cc2ccncc2)CC1. The first-order valence-electron chi connectivity index (χ1n) is 7.27. The van der Waals surface area contributed by atoms with E-state index in [1.165, 1.54) is 5.56 Å². The molecule has 1 aromatic rings. The molecule has 0 aromatic carbocycles. The maximum absolute atomic E-state index is 12.2. The minimum atomic E-state index is -3.11. The molecule has 0 radical (unpaired) electrons. The molecule has 0 saturated carbocycles. The Hall–Kier alpha value is -0.690. The van der Waals surface area contributed by atoms with Gasteiger partial charge in [-0.2, -0.15) is 4.31 Å². The number of piperazine rings is 1. The largest absolute Gasteiger partial charge is 0.296 e. The van der Waals surface area contributed by atoms with Crippen molar-refractivity contribution in [2.24, 2.45) is 0 Å². The van der Waals surface area contributed by atoms with Crippen LogP contribution in [0.1, 0.15) is 18.4 Å². The number of halogens is 1. The molecule has 1 aliphatic heterocycles. The Kier molecular flexibility index (Phi) is 6.41. The van der Waals surface area contributed by atoms with Gasteiger partial charge in [-0.3, -0.25) is 9.88 Å². The van der Waals surface area contributed by atoms with Gasteiger partial charge in [0.15, 0.2) is 0 Å². The molecule has 0 unspecified atom stereocenters. The highest BCUT2D eigenvalue weighted by molar-refractivity contribution is 7.89. The maximum Gasteiger partial charge on any atom is 0.214 e. The summed E-state index contributed by atoms with van der Waals surface area (Å²) >= 11 is 5.59. The molecule has 5 nitrogen and oxygen atoms in total. The van der Waals surface area contributed by atoms with Gasteiger partial charge in [0.2, 0.25) is 10.0 Å². The first kappa shape index (κ1) is 16.7. The van der Waals surface area contributed by atoms with E-state index in [1.807, 2.05) is 12.1 Å². The monoisotopic (exact) mass is 331 g/mol. The maximum atomic E-state index is 12.2. The van der Waals surface area contributed by atoms with E-state index < -0.39 is 10.0 Å². The van der Waals surface area contributed by atoms with Crippen LogP contribution >= 0.6 is 11.6 Å². The summed E-state index contributed by atoms with van der Waals surface area (Å²) in [7, 11) is -3.11. The first-order chi connectivity index (χ1) is 10.1.